The minimum Gasteiger partial charge on any atom is -0.507 e. The van der Waals surface area contributed by atoms with E-state index in [1.807, 2.05) is 31.2 Å². The first-order valence-electron chi connectivity index (χ1n) is 11.8. The molecule has 1 aliphatic rings. The second-order valence-corrected chi connectivity index (χ2v) is 9.92. The van der Waals surface area contributed by atoms with E-state index in [0.717, 1.165) is 11.1 Å². The number of hydrogen-bond acceptors (Lipinski definition) is 5. The van der Waals surface area contributed by atoms with Gasteiger partial charge in [-0.2, -0.15) is 0 Å². The van der Waals surface area contributed by atoms with E-state index >= 15 is 0 Å². The van der Waals surface area contributed by atoms with Gasteiger partial charge in [0.05, 0.1) is 25.8 Å². The van der Waals surface area contributed by atoms with Crippen molar-refractivity contribution in [3.63, 3.8) is 0 Å². The van der Waals surface area contributed by atoms with Crippen molar-refractivity contribution in [2.45, 2.75) is 39.2 Å². The van der Waals surface area contributed by atoms with Crippen LogP contribution in [-0.4, -0.2) is 31.0 Å². The van der Waals surface area contributed by atoms with Crippen LogP contribution in [0.4, 0.5) is 5.69 Å². The molecular weight excluding hydrogens is 454 g/mol. The summed E-state index contributed by atoms with van der Waals surface area (Å²) in [6, 6.07) is 19.2. The molecule has 4 rings (SSSR count). The second kappa shape index (κ2) is 9.53. The predicted octanol–water partition coefficient (Wildman–Crippen LogP) is 5.94. The lowest BCUT2D eigenvalue weighted by molar-refractivity contribution is -0.132. The summed E-state index contributed by atoms with van der Waals surface area (Å²) in [5.74, 6) is -0.356. The Morgan fingerprint density at radius 3 is 1.97 bits per heavy atom. The minimum atomic E-state index is -0.808. The van der Waals surface area contributed by atoms with E-state index in [2.05, 4.69) is 20.8 Å². The van der Waals surface area contributed by atoms with Crippen LogP contribution in [0.25, 0.3) is 5.76 Å². The van der Waals surface area contributed by atoms with Gasteiger partial charge in [-0.3, -0.25) is 14.5 Å². The van der Waals surface area contributed by atoms with E-state index in [4.69, 9.17) is 9.47 Å². The van der Waals surface area contributed by atoms with Gasteiger partial charge in [-0.05, 0) is 71.5 Å². The average molecular weight is 486 g/mol. The van der Waals surface area contributed by atoms with Gasteiger partial charge in [0.2, 0.25) is 0 Å². The fourth-order valence-electron chi connectivity index (χ4n) is 4.50. The molecule has 0 aliphatic carbocycles. The highest BCUT2D eigenvalue weighted by atomic mass is 16.5. The van der Waals surface area contributed by atoms with E-state index in [-0.39, 0.29) is 16.7 Å². The van der Waals surface area contributed by atoms with Crippen LogP contribution in [0.5, 0.6) is 11.5 Å². The summed E-state index contributed by atoms with van der Waals surface area (Å²) in [5, 5.41) is 11.4. The summed E-state index contributed by atoms with van der Waals surface area (Å²) < 4.78 is 10.6. The number of aryl methyl sites for hydroxylation is 1. The summed E-state index contributed by atoms with van der Waals surface area (Å²) >= 11 is 0. The van der Waals surface area contributed by atoms with Gasteiger partial charge in [-0.15, -0.1) is 0 Å². The molecule has 186 valence electrons. The number of anilines is 1. The third-order valence-corrected chi connectivity index (χ3v) is 6.58. The lowest BCUT2D eigenvalue weighted by atomic mass is 9.87. The van der Waals surface area contributed by atoms with Crippen molar-refractivity contribution in [3.8, 4) is 11.5 Å². The zero-order valence-electron chi connectivity index (χ0n) is 21.5. The Hall–Kier alpha value is -4.06. The fourth-order valence-corrected chi connectivity index (χ4v) is 4.50. The maximum absolute atomic E-state index is 13.4. The Kier molecular flexibility index (Phi) is 6.63. The number of aliphatic hydroxyl groups excluding tert-OH is 1. The van der Waals surface area contributed by atoms with Crippen molar-refractivity contribution >= 4 is 23.1 Å². The molecule has 1 fully saturated rings. The largest absolute Gasteiger partial charge is 0.507 e. The smallest absolute Gasteiger partial charge is 0.300 e. The summed E-state index contributed by atoms with van der Waals surface area (Å²) in [7, 11) is 3.14. The second-order valence-electron chi connectivity index (χ2n) is 9.92. The van der Waals surface area contributed by atoms with Crippen LogP contribution in [0.15, 0.2) is 72.3 Å². The van der Waals surface area contributed by atoms with E-state index in [9.17, 15) is 14.7 Å². The number of methoxy groups -OCH3 is 2. The Morgan fingerprint density at radius 1 is 0.861 bits per heavy atom. The topological polar surface area (TPSA) is 76.1 Å². The highest BCUT2D eigenvalue weighted by Crippen LogP contribution is 2.43. The van der Waals surface area contributed by atoms with E-state index < -0.39 is 17.7 Å². The number of amides is 1. The summed E-state index contributed by atoms with van der Waals surface area (Å²) in [6.07, 6.45) is 0. The van der Waals surface area contributed by atoms with Gasteiger partial charge < -0.3 is 14.6 Å². The van der Waals surface area contributed by atoms with Crippen molar-refractivity contribution in [1.29, 1.82) is 0 Å². The number of hydrogen-bond donors (Lipinski definition) is 1. The van der Waals surface area contributed by atoms with E-state index in [1.54, 1.807) is 56.7 Å². The number of benzene rings is 3. The summed E-state index contributed by atoms with van der Waals surface area (Å²) in [4.78, 5) is 28.3. The van der Waals surface area contributed by atoms with Crippen LogP contribution in [0.2, 0.25) is 0 Å². The van der Waals surface area contributed by atoms with Crippen LogP contribution in [-0.2, 0) is 15.0 Å². The van der Waals surface area contributed by atoms with Crippen LogP contribution in [0, 0.1) is 6.92 Å². The SMILES string of the molecule is COc1ccc(C2/C(=C(/O)c3ccc(OC)cc3C)C(=O)C(=O)N2c2ccc(C(C)(C)C)cc2)cc1. The lowest BCUT2D eigenvalue weighted by Crippen LogP contribution is -2.29. The molecule has 0 spiro atoms. The van der Waals surface area contributed by atoms with Gasteiger partial charge in [0.15, 0.2) is 0 Å². The quantitative estimate of drug-likeness (QED) is 0.275. The molecule has 1 heterocycles. The standard InChI is InChI=1S/C30H31NO5/c1-18-17-23(36-6)15-16-24(18)27(32)25-26(19-7-13-22(35-5)14-8-19)31(29(34)28(25)33)21-11-9-20(10-12-21)30(2,3)4/h7-17,26,32H,1-6H3/b27-25-. The molecule has 0 aromatic heterocycles. The maximum atomic E-state index is 13.4. The third-order valence-electron chi connectivity index (χ3n) is 6.58. The first-order chi connectivity index (χ1) is 17.1. The lowest BCUT2D eigenvalue weighted by Gasteiger charge is -2.27. The molecule has 1 saturated heterocycles. The minimum absolute atomic E-state index is 0.0401. The first kappa shape index (κ1) is 25.0. The average Bonchev–Trinajstić information content (AvgIpc) is 3.13. The molecule has 3 aromatic carbocycles. The van der Waals surface area contributed by atoms with Gasteiger partial charge in [-0.25, -0.2) is 0 Å². The Morgan fingerprint density at radius 2 is 1.44 bits per heavy atom. The molecule has 1 aliphatic heterocycles. The predicted molar refractivity (Wildman–Crippen MR) is 141 cm³/mol. The molecule has 0 radical (unpaired) electrons. The number of Topliss-reactive ketones (excluding diaryl/α,β-unsaturated/α-hetero) is 1. The van der Waals surface area contributed by atoms with Crippen molar-refractivity contribution in [2.75, 3.05) is 19.1 Å². The summed E-state index contributed by atoms with van der Waals surface area (Å²) in [6.45, 7) is 8.16. The third kappa shape index (κ3) is 4.47. The Labute approximate surface area is 211 Å². The van der Waals surface area contributed by atoms with Crippen molar-refractivity contribution in [3.05, 3.63) is 94.6 Å². The monoisotopic (exact) mass is 485 g/mol. The zero-order chi connectivity index (χ0) is 26.2. The summed E-state index contributed by atoms with van der Waals surface area (Å²) in [5.41, 5.74) is 3.54. The molecule has 0 bridgehead atoms. The number of carbonyl (C=O) groups is 2. The fraction of sp³-hybridized carbons (Fsp3) is 0.267. The van der Waals surface area contributed by atoms with Crippen LogP contribution >= 0.6 is 0 Å². The number of aliphatic hydroxyl groups is 1. The molecule has 36 heavy (non-hydrogen) atoms. The number of ketones is 1. The van der Waals surface area contributed by atoms with Crippen LogP contribution in [0.3, 0.4) is 0 Å². The molecule has 1 N–H and O–H groups in total. The Bertz CT molecular complexity index is 1330. The van der Waals surface area contributed by atoms with Crippen molar-refractivity contribution < 1.29 is 24.2 Å². The van der Waals surface area contributed by atoms with Gasteiger partial charge in [0, 0.05) is 11.3 Å². The first-order valence-corrected chi connectivity index (χ1v) is 11.8. The van der Waals surface area contributed by atoms with Crippen LogP contribution < -0.4 is 14.4 Å². The van der Waals surface area contributed by atoms with Crippen LogP contribution in [0.1, 0.15) is 49.1 Å². The number of carbonyl (C=O) groups excluding carboxylic acids is 2. The molecular formula is C30H31NO5. The van der Waals surface area contributed by atoms with E-state index in [0.29, 0.717) is 28.3 Å². The van der Waals surface area contributed by atoms with E-state index in [1.165, 1.54) is 4.90 Å². The molecule has 6 nitrogen and oxygen atoms in total. The highest BCUT2D eigenvalue weighted by Gasteiger charge is 2.47. The van der Waals surface area contributed by atoms with Gasteiger partial charge in [-0.1, -0.05) is 45.0 Å². The molecule has 1 unspecified atom stereocenters. The van der Waals surface area contributed by atoms with Gasteiger partial charge >= 0.3 is 0 Å². The molecule has 1 atom stereocenters. The number of nitrogens with zero attached hydrogens (tertiary/aromatic N) is 1. The Balaban J connectivity index is 1.91. The molecule has 6 heteroatoms. The van der Waals surface area contributed by atoms with Crippen molar-refractivity contribution in [1.82, 2.24) is 0 Å². The van der Waals surface area contributed by atoms with Gasteiger partial charge in [0.1, 0.15) is 17.3 Å². The number of rotatable bonds is 5. The highest BCUT2D eigenvalue weighted by molar-refractivity contribution is 6.51. The normalized spacial score (nSPS) is 17.4. The zero-order valence-corrected chi connectivity index (χ0v) is 21.5. The molecule has 1 amide bonds. The molecule has 3 aromatic rings. The van der Waals surface area contributed by atoms with Crippen molar-refractivity contribution in [2.24, 2.45) is 0 Å². The van der Waals surface area contributed by atoms with Gasteiger partial charge in [0.25, 0.3) is 11.7 Å². The number of ether oxygens (including phenoxy) is 2. The molecule has 0 saturated carbocycles. The maximum Gasteiger partial charge on any atom is 0.300 e.